The SMILES string of the molecule is CCCCN(CC)CCC(=O)NC1CC(c2c(-c3ccc(F)cc3)[nH]c3c(F)cc(F)cc23)C1. The van der Waals surface area contributed by atoms with Crippen molar-refractivity contribution < 1.29 is 18.0 Å². The number of aromatic nitrogens is 1. The summed E-state index contributed by atoms with van der Waals surface area (Å²) < 4.78 is 42.1. The minimum absolute atomic E-state index is 0.0349. The molecule has 1 fully saturated rings. The van der Waals surface area contributed by atoms with Gasteiger partial charge in [-0.05, 0) is 79.7 Å². The van der Waals surface area contributed by atoms with Crippen molar-refractivity contribution in [2.24, 2.45) is 0 Å². The third kappa shape index (κ3) is 5.30. The minimum atomic E-state index is -0.655. The van der Waals surface area contributed by atoms with Crippen molar-refractivity contribution in [1.29, 1.82) is 0 Å². The number of carbonyl (C=O) groups excluding carboxylic acids is 1. The smallest absolute Gasteiger partial charge is 0.221 e. The fraction of sp³-hybridized carbons (Fsp3) is 0.444. The number of fused-ring (bicyclic) bond motifs is 1. The van der Waals surface area contributed by atoms with E-state index in [2.05, 4.69) is 29.0 Å². The van der Waals surface area contributed by atoms with E-state index in [1.165, 1.54) is 18.2 Å². The molecule has 0 atom stereocenters. The minimum Gasteiger partial charge on any atom is -0.353 e. The molecule has 1 heterocycles. The van der Waals surface area contributed by atoms with E-state index in [1.807, 2.05) is 0 Å². The number of nitrogens with zero attached hydrogens (tertiary/aromatic N) is 1. The van der Waals surface area contributed by atoms with Crippen molar-refractivity contribution in [1.82, 2.24) is 15.2 Å². The van der Waals surface area contributed by atoms with Crippen LogP contribution in [0.3, 0.4) is 0 Å². The van der Waals surface area contributed by atoms with Crippen LogP contribution in [0.2, 0.25) is 0 Å². The number of hydrogen-bond acceptors (Lipinski definition) is 2. The standard InChI is InChI=1S/C27H32F3N3O/c1-3-5-11-33(4-2)12-10-24(34)31-21-13-18(14-21)25-22-15-20(29)16-23(30)27(22)32-26(25)17-6-8-19(28)9-7-17/h6-9,15-16,18,21,32H,3-5,10-14H2,1-2H3,(H,31,34). The van der Waals surface area contributed by atoms with Gasteiger partial charge in [0.25, 0.3) is 0 Å². The zero-order valence-corrected chi connectivity index (χ0v) is 19.8. The Balaban J connectivity index is 1.47. The third-order valence-corrected chi connectivity index (χ3v) is 6.84. The van der Waals surface area contributed by atoms with Crippen molar-refractivity contribution in [3.63, 3.8) is 0 Å². The summed E-state index contributed by atoms with van der Waals surface area (Å²) in [6, 6.07) is 8.21. The van der Waals surface area contributed by atoms with E-state index >= 15 is 0 Å². The van der Waals surface area contributed by atoms with Gasteiger partial charge >= 0.3 is 0 Å². The number of nitrogens with one attached hydrogen (secondary N) is 2. The maximum Gasteiger partial charge on any atom is 0.221 e. The summed E-state index contributed by atoms with van der Waals surface area (Å²) >= 11 is 0. The summed E-state index contributed by atoms with van der Waals surface area (Å²) in [7, 11) is 0. The van der Waals surface area contributed by atoms with Crippen molar-refractivity contribution >= 4 is 16.8 Å². The maximum absolute atomic E-state index is 14.5. The average molecular weight is 472 g/mol. The molecule has 4 nitrogen and oxygen atoms in total. The highest BCUT2D eigenvalue weighted by Gasteiger charge is 2.35. The number of benzene rings is 2. The van der Waals surface area contributed by atoms with Crippen molar-refractivity contribution in [2.75, 3.05) is 19.6 Å². The predicted molar refractivity (Wildman–Crippen MR) is 129 cm³/mol. The molecule has 1 amide bonds. The van der Waals surface area contributed by atoms with Crippen LogP contribution in [-0.2, 0) is 4.79 Å². The second kappa shape index (κ2) is 10.6. The Labute approximate surface area is 198 Å². The molecular formula is C27H32F3N3O. The summed E-state index contributed by atoms with van der Waals surface area (Å²) in [6.45, 7) is 6.94. The van der Waals surface area contributed by atoms with Gasteiger partial charge in [-0.1, -0.05) is 20.3 Å². The van der Waals surface area contributed by atoms with E-state index in [9.17, 15) is 18.0 Å². The molecule has 2 N–H and O–H groups in total. The maximum atomic E-state index is 14.5. The molecule has 0 radical (unpaired) electrons. The number of aromatic amines is 1. The lowest BCUT2D eigenvalue weighted by Gasteiger charge is -2.36. The predicted octanol–water partition coefficient (Wildman–Crippen LogP) is 6.13. The van der Waals surface area contributed by atoms with Crippen LogP contribution in [0.1, 0.15) is 57.4 Å². The first-order valence-corrected chi connectivity index (χ1v) is 12.2. The number of halogens is 3. The molecule has 0 unspecified atom stereocenters. The number of hydrogen-bond donors (Lipinski definition) is 2. The molecule has 3 aromatic rings. The van der Waals surface area contributed by atoms with Gasteiger partial charge in [-0.15, -0.1) is 0 Å². The second-order valence-corrected chi connectivity index (χ2v) is 9.20. The quantitative estimate of drug-likeness (QED) is 0.374. The Morgan fingerprint density at radius 3 is 2.47 bits per heavy atom. The number of H-pyrrole nitrogens is 1. The molecule has 1 aromatic heterocycles. The first-order valence-electron chi connectivity index (χ1n) is 12.2. The summed E-state index contributed by atoms with van der Waals surface area (Å²) in [4.78, 5) is 17.9. The summed E-state index contributed by atoms with van der Waals surface area (Å²) in [6.07, 6.45) is 4.11. The molecule has 34 heavy (non-hydrogen) atoms. The van der Waals surface area contributed by atoms with Crippen molar-refractivity contribution in [3.8, 4) is 11.3 Å². The van der Waals surface area contributed by atoms with Gasteiger partial charge in [0.15, 0.2) is 0 Å². The van der Waals surface area contributed by atoms with E-state index in [4.69, 9.17) is 0 Å². The van der Waals surface area contributed by atoms with Crippen LogP contribution < -0.4 is 5.32 Å². The van der Waals surface area contributed by atoms with Crippen LogP contribution in [-0.4, -0.2) is 41.5 Å². The fourth-order valence-corrected chi connectivity index (χ4v) is 4.85. The molecular weight excluding hydrogens is 439 g/mol. The highest BCUT2D eigenvalue weighted by Crippen LogP contribution is 2.45. The van der Waals surface area contributed by atoms with Crippen LogP contribution in [0.4, 0.5) is 13.2 Å². The Kier molecular flexibility index (Phi) is 7.61. The first kappa shape index (κ1) is 24.3. The Morgan fingerprint density at radius 1 is 1.06 bits per heavy atom. The van der Waals surface area contributed by atoms with Crippen molar-refractivity contribution in [2.45, 2.75) is 57.9 Å². The normalized spacial score (nSPS) is 17.8. The molecule has 7 heteroatoms. The molecule has 2 aromatic carbocycles. The molecule has 1 saturated carbocycles. The molecule has 0 bridgehead atoms. The van der Waals surface area contributed by atoms with Crippen LogP contribution in [0.15, 0.2) is 36.4 Å². The highest BCUT2D eigenvalue weighted by molar-refractivity contribution is 5.92. The van der Waals surface area contributed by atoms with E-state index in [1.54, 1.807) is 12.1 Å². The van der Waals surface area contributed by atoms with Crippen LogP contribution in [0.5, 0.6) is 0 Å². The fourth-order valence-electron chi connectivity index (χ4n) is 4.85. The van der Waals surface area contributed by atoms with Crippen LogP contribution in [0.25, 0.3) is 22.2 Å². The zero-order chi connectivity index (χ0) is 24.2. The number of rotatable bonds is 10. The first-order chi connectivity index (χ1) is 16.4. The molecule has 1 aliphatic rings. The summed E-state index contributed by atoms with van der Waals surface area (Å²) in [5.74, 6) is -1.58. The van der Waals surface area contributed by atoms with E-state index < -0.39 is 11.6 Å². The van der Waals surface area contributed by atoms with Gasteiger partial charge < -0.3 is 15.2 Å². The molecule has 1 aliphatic carbocycles. The Morgan fingerprint density at radius 2 is 1.79 bits per heavy atom. The van der Waals surface area contributed by atoms with E-state index in [0.29, 0.717) is 35.9 Å². The van der Waals surface area contributed by atoms with Crippen molar-refractivity contribution in [3.05, 3.63) is 59.4 Å². The van der Waals surface area contributed by atoms with E-state index in [-0.39, 0.29) is 29.2 Å². The molecule has 4 rings (SSSR count). The largest absolute Gasteiger partial charge is 0.353 e. The lowest BCUT2D eigenvalue weighted by molar-refractivity contribution is -0.122. The Hall–Kier alpha value is -2.80. The number of unbranched alkanes of at least 4 members (excludes halogenated alkanes) is 1. The molecule has 0 aliphatic heterocycles. The topological polar surface area (TPSA) is 48.1 Å². The highest BCUT2D eigenvalue weighted by atomic mass is 19.1. The molecule has 182 valence electrons. The van der Waals surface area contributed by atoms with Crippen LogP contribution >= 0.6 is 0 Å². The van der Waals surface area contributed by atoms with Gasteiger partial charge in [0, 0.05) is 30.5 Å². The Bertz CT molecular complexity index is 1140. The van der Waals surface area contributed by atoms with Gasteiger partial charge in [0.05, 0.1) is 11.2 Å². The second-order valence-electron chi connectivity index (χ2n) is 9.20. The van der Waals surface area contributed by atoms with Gasteiger partial charge in [-0.2, -0.15) is 0 Å². The number of carbonyl (C=O) groups is 1. The number of amides is 1. The van der Waals surface area contributed by atoms with Gasteiger partial charge in [0.1, 0.15) is 17.5 Å². The summed E-state index contributed by atoms with van der Waals surface area (Å²) in [5.41, 5.74) is 2.45. The zero-order valence-electron chi connectivity index (χ0n) is 19.8. The molecule has 0 spiro atoms. The average Bonchev–Trinajstić information content (AvgIpc) is 3.15. The van der Waals surface area contributed by atoms with Gasteiger partial charge in [0.2, 0.25) is 5.91 Å². The third-order valence-electron chi connectivity index (χ3n) is 6.84. The lowest BCUT2D eigenvalue weighted by Crippen LogP contribution is -2.44. The monoisotopic (exact) mass is 471 g/mol. The van der Waals surface area contributed by atoms with Gasteiger partial charge in [-0.25, -0.2) is 13.2 Å². The summed E-state index contributed by atoms with van der Waals surface area (Å²) in [5, 5.41) is 3.61. The van der Waals surface area contributed by atoms with Gasteiger partial charge in [-0.3, -0.25) is 4.79 Å². The molecule has 0 saturated heterocycles. The van der Waals surface area contributed by atoms with Crippen LogP contribution in [0, 0.1) is 17.5 Å². The lowest BCUT2D eigenvalue weighted by atomic mass is 9.74. The van der Waals surface area contributed by atoms with E-state index in [0.717, 1.165) is 44.1 Å².